The zero-order valence-electron chi connectivity index (χ0n) is 21.7. The van der Waals surface area contributed by atoms with Gasteiger partial charge in [-0.3, -0.25) is 9.10 Å². The van der Waals surface area contributed by atoms with Crippen molar-refractivity contribution >= 4 is 45.4 Å². The quantitative estimate of drug-likeness (QED) is 0.152. The summed E-state index contributed by atoms with van der Waals surface area (Å²) in [4.78, 5) is 24.6. The molecule has 1 amide bonds. The number of ether oxygens (including phenoxy) is 1. The first-order valence-corrected chi connectivity index (χ1v) is 14.0. The van der Waals surface area contributed by atoms with Gasteiger partial charge in [0.15, 0.2) is 0 Å². The summed E-state index contributed by atoms with van der Waals surface area (Å²) < 4.78 is 38.5. The van der Waals surface area contributed by atoms with Crippen LogP contribution in [0.4, 0.5) is 5.69 Å². The summed E-state index contributed by atoms with van der Waals surface area (Å²) in [7, 11) is -4.08. The Morgan fingerprint density at radius 3 is 2.42 bits per heavy atom. The lowest BCUT2D eigenvalue weighted by Crippen LogP contribution is -2.39. The summed E-state index contributed by atoms with van der Waals surface area (Å²) in [5, 5.41) is 4.28. The molecule has 9 nitrogen and oxygen atoms in total. The molecule has 0 aliphatic rings. The number of rotatable bonds is 10. The number of carbonyl (C=O) groups excluding carboxylic acids is 2. The minimum atomic E-state index is -4.08. The second-order valence-corrected chi connectivity index (χ2v) is 10.8. The van der Waals surface area contributed by atoms with E-state index in [9.17, 15) is 18.0 Å². The molecule has 11 heteroatoms. The molecule has 0 bridgehead atoms. The maximum Gasteiger partial charge on any atom is 0.338 e. The number of hydrazone groups is 1. The average molecular weight is 580 g/mol. The highest BCUT2D eigenvalue weighted by Gasteiger charge is 2.27. The summed E-state index contributed by atoms with van der Waals surface area (Å²) in [6.07, 6.45) is 1.30. The van der Waals surface area contributed by atoms with Gasteiger partial charge in [-0.05, 0) is 67.9 Å². The Labute approximate surface area is 237 Å². The first-order valence-electron chi connectivity index (χ1n) is 12.2. The molecule has 4 aromatic rings. The molecule has 0 fully saturated rings. The standard InChI is InChI=1S/C29H26ClN3O6S/c1-3-38-29(35)22-12-10-21(11-13-22)27-16-15-24(39-27)18-31-32-28(34)19-33(23-14-9-20(2)26(30)17-23)40(36,37)25-7-5-4-6-8-25/h4-18H,3,19H2,1-2H3,(H,32,34)/b31-18+. The number of benzene rings is 3. The van der Waals surface area contributed by atoms with Gasteiger partial charge in [0, 0.05) is 10.6 Å². The Hall–Kier alpha value is -4.41. The van der Waals surface area contributed by atoms with E-state index in [-0.39, 0.29) is 10.6 Å². The maximum absolute atomic E-state index is 13.4. The van der Waals surface area contributed by atoms with Crippen molar-refractivity contribution in [3.8, 4) is 11.3 Å². The maximum atomic E-state index is 13.4. The van der Waals surface area contributed by atoms with E-state index >= 15 is 0 Å². The summed E-state index contributed by atoms with van der Waals surface area (Å²) in [5.74, 6) is -0.199. The summed E-state index contributed by atoms with van der Waals surface area (Å²) in [6, 6.07) is 22.7. The van der Waals surface area contributed by atoms with E-state index in [1.807, 2.05) is 0 Å². The average Bonchev–Trinajstić information content (AvgIpc) is 3.43. The van der Waals surface area contributed by atoms with Crippen LogP contribution in [0.25, 0.3) is 11.3 Å². The molecule has 0 atom stereocenters. The SMILES string of the molecule is CCOC(=O)c1ccc(-c2ccc(/C=N/NC(=O)CN(c3ccc(C)c(Cl)c3)S(=O)(=O)c3ccccc3)o2)cc1. The molecule has 0 saturated heterocycles. The number of aryl methyl sites for hydroxylation is 1. The number of amides is 1. The lowest BCUT2D eigenvalue weighted by molar-refractivity contribution is -0.119. The van der Waals surface area contributed by atoms with E-state index in [2.05, 4.69) is 10.5 Å². The first kappa shape index (κ1) is 28.6. The number of hydrogen-bond acceptors (Lipinski definition) is 7. The molecule has 40 heavy (non-hydrogen) atoms. The predicted octanol–water partition coefficient (Wildman–Crippen LogP) is 5.43. The molecule has 206 valence electrons. The van der Waals surface area contributed by atoms with Crippen molar-refractivity contribution in [1.82, 2.24) is 5.43 Å². The van der Waals surface area contributed by atoms with E-state index in [1.165, 1.54) is 24.4 Å². The van der Waals surface area contributed by atoms with Gasteiger partial charge in [-0.15, -0.1) is 0 Å². The van der Waals surface area contributed by atoms with Gasteiger partial charge in [0.1, 0.15) is 18.1 Å². The minimum Gasteiger partial charge on any atom is -0.462 e. The van der Waals surface area contributed by atoms with E-state index in [0.717, 1.165) is 15.4 Å². The third-order valence-corrected chi connectivity index (χ3v) is 7.95. The molecule has 0 radical (unpaired) electrons. The number of nitrogens with one attached hydrogen (secondary N) is 1. The lowest BCUT2D eigenvalue weighted by Gasteiger charge is -2.24. The molecule has 3 aromatic carbocycles. The molecule has 4 rings (SSSR count). The highest BCUT2D eigenvalue weighted by atomic mass is 35.5. The van der Waals surface area contributed by atoms with Crippen LogP contribution in [0, 0.1) is 6.92 Å². The highest BCUT2D eigenvalue weighted by Crippen LogP contribution is 2.28. The number of sulfonamides is 1. The number of furan rings is 1. The number of halogens is 1. The molecule has 0 aliphatic carbocycles. The Balaban J connectivity index is 1.46. The van der Waals surface area contributed by atoms with Gasteiger partial charge in [-0.25, -0.2) is 18.6 Å². The number of anilines is 1. The monoisotopic (exact) mass is 579 g/mol. The molecule has 0 spiro atoms. The van der Waals surface area contributed by atoms with Crippen molar-refractivity contribution in [2.24, 2.45) is 5.10 Å². The summed E-state index contributed by atoms with van der Waals surface area (Å²) in [6.45, 7) is 3.29. The number of carbonyl (C=O) groups is 2. The van der Waals surface area contributed by atoms with Crippen molar-refractivity contribution in [3.05, 3.63) is 107 Å². The van der Waals surface area contributed by atoms with Gasteiger partial charge < -0.3 is 9.15 Å². The van der Waals surface area contributed by atoms with Crippen LogP contribution in [-0.2, 0) is 19.6 Å². The number of hydrogen-bond donors (Lipinski definition) is 1. The van der Waals surface area contributed by atoms with Crippen molar-refractivity contribution < 1.29 is 27.2 Å². The van der Waals surface area contributed by atoms with Crippen LogP contribution >= 0.6 is 11.6 Å². The van der Waals surface area contributed by atoms with Crippen LogP contribution in [0.5, 0.6) is 0 Å². The topological polar surface area (TPSA) is 118 Å². The molecule has 1 heterocycles. The van der Waals surface area contributed by atoms with Crippen LogP contribution in [0.15, 0.2) is 99.3 Å². The Morgan fingerprint density at radius 2 is 1.75 bits per heavy atom. The van der Waals surface area contributed by atoms with E-state index in [4.69, 9.17) is 20.8 Å². The number of nitrogens with zero attached hydrogens (tertiary/aromatic N) is 2. The number of esters is 1. The Bertz CT molecular complexity index is 1630. The smallest absolute Gasteiger partial charge is 0.338 e. The molecule has 0 unspecified atom stereocenters. The van der Waals surface area contributed by atoms with Gasteiger partial charge in [0.2, 0.25) is 0 Å². The molecule has 1 N–H and O–H groups in total. The third kappa shape index (κ3) is 6.77. The van der Waals surface area contributed by atoms with Crippen LogP contribution in [0.1, 0.15) is 28.6 Å². The van der Waals surface area contributed by atoms with Gasteiger partial charge in [-0.2, -0.15) is 5.10 Å². The lowest BCUT2D eigenvalue weighted by atomic mass is 10.1. The molecule has 0 aliphatic heterocycles. The van der Waals surface area contributed by atoms with Gasteiger partial charge in [0.25, 0.3) is 15.9 Å². The first-order chi connectivity index (χ1) is 19.2. The van der Waals surface area contributed by atoms with Crippen LogP contribution in [-0.4, -0.2) is 39.7 Å². The van der Waals surface area contributed by atoms with E-state index in [0.29, 0.717) is 28.7 Å². The minimum absolute atomic E-state index is 0.0291. The van der Waals surface area contributed by atoms with Gasteiger partial charge in [0.05, 0.1) is 29.0 Å². The van der Waals surface area contributed by atoms with Crippen LogP contribution in [0.2, 0.25) is 5.02 Å². The zero-order valence-corrected chi connectivity index (χ0v) is 23.3. The predicted molar refractivity (Wildman–Crippen MR) is 153 cm³/mol. The summed E-state index contributed by atoms with van der Waals surface area (Å²) >= 11 is 6.25. The summed E-state index contributed by atoms with van der Waals surface area (Å²) in [5.41, 5.74) is 4.51. The van der Waals surface area contributed by atoms with Crippen LogP contribution < -0.4 is 9.73 Å². The van der Waals surface area contributed by atoms with Gasteiger partial charge in [-0.1, -0.05) is 48.0 Å². The fourth-order valence-electron chi connectivity index (χ4n) is 3.67. The highest BCUT2D eigenvalue weighted by molar-refractivity contribution is 7.92. The van der Waals surface area contributed by atoms with Crippen molar-refractivity contribution in [1.29, 1.82) is 0 Å². The fraction of sp³-hybridized carbons (Fsp3) is 0.138. The van der Waals surface area contributed by atoms with Crippen LogP contribution in [0.3, 0.4) is 0 Å². The van der Waals surface area contributed by atoms with Crippen molar-refractivity contribution in [3.63, 3.8) is 0 Å². The second-order valence-electron chi connectivity index (χ2n) is 8.55. The Morgan fingerprint density at radius 1 is 1.02 bits per heavy atom. The largest absolute Gasteiger partial charge is 0.462 e. The molecule has 1 aromatic heterocycles. The molecular weight excluding hydrogens is 554 g/mol. The molecular formula is C29H26ClN3O6S. The van der Waals surface area contributed by atoms with Crippen molar-refractivity contribution in [2.75, 3.05) is 17.5 Å². The van der Waals surface area contributed by atoms with E-state index in [1.54, 1.807) is 80.6 Å². The van der Waals surface area contributed by atoms with E-state index < -0.39 is 28.4 Å². The molecule has 0 saturated carbocycles. The normalized spacial score (nSPS) is 11.4. The second kappa shape index (κ2) is 12.6. The zero-order chi connectivity index (χ0) is 28.7. The Kier molecular flexibility index (Phi) is 9.03. The van der Waals surface area contributed by atoms with Gasteiger partial charge >= 0.3 is 5.97 Å². The third-order valence-electron chi connectivity index (χ3n) is 5.75. The van der Waals surface area contributed by atoms with Crippen molar-refractivity contribution in [2.45, 2.75) is 18.7 Å². The fourth-order valence-corrected chi connectivity index (χ4v) is 5.28.